The van der Waals surface area contributed by atoms with Crippen molar-refractivity contribution in [2.45, 2.75) is 0 Å². The summed E-state index contributed by atoms with van der Waals surface area (Å²) in [6.07, 6.45) is 0. The van der Waals surface area contributed by atoms with Crippen LogP contribution in [0.4, 0.5) is 0 Å². The van der Waals surface area contributed by atoms with E-state index in [1.807, 2.05) is 0 Å². The Bertz CT molecular complexity index is 3.25. The molecule has 0 aromatic carbocycles. The molecule has 0 N–H and O–H groups in total. The Balaban J connectivity index is 0. The molecule has 0 aliphatic carbocycles. The molecule has 4 heavy (non-hydrogen) atoms. The smallest absolute Gasteiger partial charge is 0 e. The van der Waals surface area contributed by atoms with Crippen molar-refractivity contribution in [1.82, 2.24) is 0 Å². The average molecular weight is 146 g/mol. The Morgan fingerprint density at radius 1 is 0.500 bits per heavy atom. The van der Waals surface area contributed by atoms with Crippen LogP contribution in [0, 0.1) is 0 Å². The maximum absolute atomic E-state index is 0. The van der Waals surface area contributed by atoms with Gasteiger partial charge >= 0.3 is 17.6 Å². The first kappa shape index (κ1) is 25.7. The van der Waals surface area contributed by atoms with E-state index in [-0.39, 0.29) is 106 Å². The zero-order valence-corrected chi connectivity index (χ0v) is 9.00. The molecule has 3 radical (unpaired) electrons. The van der Waals surface area contributed by atoms with E-state index >= 15 is 0 Å². The molecule has 11 valence electrons. The fraction of sp³-hybridized carbons (Fsp3) is 0. The van der Waals surface area contributed by atoms with Gasteiger partial charge < -0.3 is 0 Å². The fourth-order valence-corrected chi connectivity index (χ4v) is 0. The maximum atomic E-state index is 0. The van der Waals surface area contributed by atoms with E-state index in [2.05, 4.69) is 0 Å². The summed E-state index contributed by atoms with van der Waals surface area (Å²) in [5, 5.41) is 0. The van der Waals surface area contributed by atoms with Crippen LogP contribution in [-0.4, -0.2) is 106 Å². The van der Waals surface area contributed by atoms with Crippen LogP contribution in [0.2, 0.25) is 0 Å². The van der Waals surface area contributed by atoms with Gasteiger partial charge in [0.25, 0.3) is 0 Å². The van der Waals surface area contributed by atoms with E-state index in [1.54, 1.807) is 0 Å². The zero-order valence-electron chi connectivity index (χ0n) is 3.00. The van der Waals surface area contributed by atoms with Crippen LogP contribution in [0.1, 0.15) is 0 Å². The molecule has 0 aliphatic heterocycles. The van der Waals surface area contributed by atoms with Gasteiger partial charge in [-0.05, 0) is 0 Å². The van der Waals surface area contributed by atoms with Crippen molar-refractivity contribution in [3.8, 4) is 0 Å². The summed E-state index contributed by atoms with van der Waals surface area (Å²) in [6, 6.07) is 0. The molecule has 0 fully saturated rings. The first-order chi connectivity index (χ1) is 0. The van der Waals surface area contributed by atoms with Crippen molar-refractivity contribution in [1.29, 1.82) is 0 Å². The van der Waals surface area contributed by atoms with Crippen molar-refractivity contribution in [3.63, 3.8) is 0 Å². The predicted molar refractivity (Wildman–Crippen MR) is 28.6 cm³/mol. The fourth-order valence-electron chi connectivity index (χ4n) is 0. The van der Waals surface area contributed by atoms with Gasteiger partial charge in [-0.2, -0.15) is 0 Å². The van der Waals surface area contributed by atoms with Gasteiger partial charge in [-0.3, -0.25) is 0 Å². The molecule has 0 aromatic rings. The van der Waals surface area contributed by atoms with Gasteiger partial charge in [-0.15, -0.1) is 0 Å². The van der Waals surface area contributed by atoms with Crippen LogP contribution in [0.3, 0.4) is 0 Å². The summed E-state index contributed by atoms with van der Waals surface area (Å²) in [4.78, 5) is 0. The average Bonchev–Trinajstić information content (AvgIpc) is 0. The molecule has 4 heteroatoms. The van der Waals surface area contributed by atoms with Gasteiger partial charge in [0, 0.05) is 88.7 Å². The van der Waals surface area contributed by atoms with E-state index in [4.69, 9.17) is 0 Å². The van der Waals surface area contributed by atoms with Gasteiger partial charge in [-0.1, -0.05) is 0 Å². The second-order valence-corrected chi connectivity index (χ2v) is 0. The Hall–Kier alpha value is 3.54. The SMILES string of the molecule is [GeH4].[Na].[Na].[Na]. The number of hydrogen-bond acceptors (Lipinski definition) is 0. The van der Waals surface area contributed by atoms with Gasteiger partial charge in [0.05, 0.1) is 0 Å². The van der Waals surface area contributed by atoms with E-state index in [9.17, 15) is 0 Å². The molecule has 0 spiro atoms. The summed E-state index contributed by atoms with van der Waals surface area (Å²) in [7, 11) is 0. The molecule has 0 amide bonds. The summed E-state index contributed by atoms with van der Waals surface area (Å²) in [6.45, 7) is 0. The third-order valence-corrected chi connectivity index (χ3v) is 0. The topological polar surface area (TPSA) is 0 Å². The molecule has 0 nitrogen and oxygen atoms in total. The van der Waals surface area contributed by atoms with Crippen LogP contribution in [0.15, 0.2) is 0 Å². The van der Waals surface area contributed by atoms with Crippen LogP contribution < -0.4 is 0 Å². The van der Waals surface area contributed by atoms with Gasteiger partial charge in [0.2, 0.25) is 0 Å². The normalized spacial score (nSPS) is 0. The minimum atomic E-state index is 0. The van der Waals surface area contributed by atoms with Crippen molar-refractivity contribution in [3.05, 3.63) is 0 Å². The molecule has 0 unspecified atom stereocenters. The second kappa shape index (κ2) is 16.0. The minimum absolute atomic E-state index is 0. The molecule has 0 bridgehead atoms. The quantitative estimate of drug-likeness (QED) is 0.328. The summed E-state index contributed by atoms with van der Waals surface area (Å²) in [5.41, 5.74) is 0. The number of hydrogen-bond donors (Lipinski definition) is 0. The van der Waals surface area contributed by atoms with Crippen LogP contribution >= 0.6 is 0 Å². The first-order valence-electron chi connectivity index (χ1n) is 0. The Kier molecular flexibility index (Phi) is 103. The van der Waals surface area contributed by atoms with E-state index in [0.717, 1.165) is 0 Å². The molecular formula is H4GeNa3. The Labute approximate surface area is 104 Å². The molecular weight excluding hydrogens is 142 g/mol. The van der Waals surface area contributed by atoms with Crippen molar-refractivity contribution in [2.24, 2.45) is 0 Å². The van der Waals surface area contributed by atoms with Crippen molar-refractivity contribution >= 4 is 106 Å². The van der Waals surface area contributed by atoms with Crippen molar-refractivity contribution in [2.75, 3.05) is 0 Å². The zero-order chi connectivity index (χ0) is 0. The molecule has 0 atom stereocenters. The molecule has 0 heterocycles. The third kappa shape index (κ3) is 9.11. The van der Waals surface area contributed by atoms with E-state index < -0.39 is 0 Å². The first-order valence-corrected chi connectivity index (χ1v) is 0. The maximum Gasteiger partial charge on any atom is 0 e. The Morgan fingerprint density at radius 3 is 0.500 bits per heavy atom. The third-order valence-electron chi connectivity index (χ3n) is 0. The molecule has 0 aliphatic rings. The minimum Gasteiger partial charge on any atom is 0 e. The van der Waals surface area contributed by atoms with Crippen molar-refractivity contribution < 1.29 is 0 Å². The summed E-state index contributed by atoms with van der Waals surface area (Å²) >= 11 is 0. The van der Waals surface area contributed by atoms with Gasteiger partial charge in [0.1, 0.15) is 0 Å². The molecule has 0 saturated heterocycles. The summed E-state index contributed by atoms with van der Waals surface area (Å²) < 4.78 is 0. The largest absolute Gasteiger partial charge is 0 e. The van der Waals surface area contributed by atoms with Crippen LogP contribution in [0.25, 0.3) is 0 Å². The standard InChI is InChI=1S/GeH4.3Na/h1H4;;;. The van der Waals surface area contributed by atoms with E-state index in [1.165, 1.54) is 0 Å². The number of rotatable bonds is 0. The monoisotopic (exact) mass is 147 g/mol. The predicted octanol–water partition coefficient (Wildman–Crippen LogP) is -2.59. The van der Waals surface area contributed by atoms with E-state index in [0.29, 0.717) is 0 Å². The molecule has 0 aromatic heterocycles. The second-order valence-electron chi connectivity index (χ2n) is 0. The van der Waals surface area contributed by atoms with Crippen LogP contribution in [0.5, 0.6) is 0 Å². The van der Waals surface area contributed by atoms with Gasteiger partial charge in [-0.25, -0.2) is 0 Å². The van der Waals surface area contributed by atoms with Crippen LogP contribution in [-0.2, 0) is 0 Å². The Morgan fingerprint density at radius 2 is 0.500 bits per heavy atom. The molecule has 0 saturated carbocycles. The summed E-state index contributed by atoms with van der Waals surface area (Å²) in [5.74, 6) is 0. The van der Waals surface area contributed by atoms with Gasteiger partial charge in [0.15, 0.2) is 0 Å². The molecule has 0 rings (SSSR count).